The van der Waals surface area contributed by atoms with E-state index in [1.54, 1.807) is 6.20 Å². The highest BCUT2D eigenvalue weighted by atomic mass is 79.9. The number of piperazine rings is 1. The Morgan fingerprint density at radius 1 is 1.19 bits per heavy atom. The van der Waals surface area contributed by atoms with E-state index in [0.29, 0.717) is 5.88 Å². The van der Waals surface area contributed by atoms with Crippen molar-refractivity contribution in [1.82, 2.24) is 10.3 Å². The molecule has 0 unspecified atom stereocenters. The fraction of sp³-hybridized carbons (Fsp3) is 0.312. The Morgan fingerprint density at radius 3 is 2.57 bits per heavy atom. The maximum atomic E-state index is 5.79. The van der Waals surface area contributed by atoms with Gasteiger partial charge in [0.25, 0.3) is 0 Å². The smallest absolute Gasteiger partial charge is 0.219 e. The van der Waals surface area contributed by atoms with Gasteiger partial charge in [-0.15, -0.1) is 0 Å². The lowest BCUT2D eigenvalue weighted by Gasteiger charge is -2.29. The summed E-state index contributed by atoms with van der Waals surface area (Å²) in [7, 11) is 0. The van der Waals surface area contributed by atoms with E-state index in [1.807, 2.05) is 25.1 Å². The minimum Gasteiger partial charge on any atom is -0.439 e. The Bertz CT molecular complexity index is 609. The van der Waals surface area contributed by atoms with Crippen molar-refractivity contribution in [2.24, 2.45) is 0 Å². The predicted octanol–water partition coefficient (Wildman–Crippen LogP) is 3.35. The zero-order chi connectivity index (χ0) is 14.7. The molecule has 0 bridgehead atoms. The van der Waals surface area contributed by atoms with Gasteiger partial charge in [0.05, 0.1) is 0 Å². The zero-order valence-electron chi connectivity index (χ0n) is 12.0. The molecule has 0 spiro atoms. The number of anilines is 1. The largest absolute Gasteiger partial charge is 0.439 e. The number of rotatable bonds is 3. The SMILES string of the molecule is Cc1cc(Oc2ccc(N3CCNCC3)cc2)ncc1Br. The molecule has 0 radical (unpaired) electrons. The molecule has 1 aromatic heterocycles. The normalized spacial score (nSPS) is 15.0. The lowest BCUT2D eigenvalue weighted by Crippen LogP contribution is -2.43. The third kappa shape index (κ3) is 3.54. The van der Waals surface area contributed by atoms with Crippen LogP contribution in [0.2, 0.25) is 0 Å². The molecule has 1 aliphatic rings. The Kier molecular flexibility index (Phi) is 4.41. The molecule has 5 heteroatoms. The second-order valence-electron chi connectivity index (χ2n) is 5.10. The summed E-state index contributed by atoms with van der Waals surface area (Å²) in [5.74, 6) is 1.42. The Hall–Kier alpha value is -1.59. The highest BCUT2D eigenvalue weighted by molar-refractivity contribution is 9.10. The van der Waals surface area contributed by atoms with E-state index in [1.165, 1.54) is 5.69 Å². The average molecular weight is 348 g/mol. The first-order valence-electron chi connectivity index (χ1n) is 7.08. The molecule has 3 rings (SSSR count). The first-order valence-corrected chi connectivity index (χ1v) is 7.87. The second kappa shape index (κ2) is 6.45. The summed E-state index contributed by atoms with van der Waals surface area (Å²) in [6, 6.07) is 10.1. The van der Waals surface area contributed by atoms with E-state index in [-0.39, 0.29) is 0 Å². The van der Waals surface area contributed by atoms with Gasteiger partial charge in [-0.25, -0.2) is 4.98 Å². The number of benzene rings is 1. The Labute approximate surface area is 133 Å². The van der Waals surface area contributed by atoms with Crippen LogP contribution in [0, 0.1) is 6.92 Å². The molecule has 0 amide bonds. The summed E-state index contributed by atoms with van der Waals surface area (Å²) in [5.41, 5.74) is 2.35. The minimum atomic E-state index is 0.616. The molecule has 2 aromatic rings. The van der Waals surface area contributed by atoms with Crippen molar-refractivity contribution >= 4 is 21.6 Å². The standard InChI is InChI=1S/C16H18BrN3O/c1-12-10-16(19-11-15(12)17)21-14-4-2-13(3-5-14)20-8-6-18-7-9-20/h2-5,10-11,18H,6-9H2,1H3. The van der Waals surface area contributed by atoms with Crippen molar-refractivity contribution in [3.05, 3.63) is 46.6 Å². The van der Waals surface area contributed by atoms with E-state index in [4.69, 9.17) is 4.74 Å². The quantitative estimate of drug-likeness (QED) is 0.923. The Morgan fingerprint density at radius 2 is 1.90 bits per heavy atom. The number of ether oxygens (including phenoxy) is 1. The number of hydrogen-bond donors (Lipinski definition) is 1. The van der Waals surface area contributed by atoms with Crippen LogP contribution in [0.15, 0.2) is 41.0 Å². The molecular weight excluding hydrogens is 330 g/mol. The molecule has 0 saturated carbocycles. The molecular formula is C16H18BrN3O. The molecule has 1 aromatic carbocycles. The molecule has 1 fully saturated rings. The summed E-state index contributed by atoms with van der Waals surface area (Å²) in [6.07, 6.45) is 1.76. The van der Waals surface area contributed by atoms with Gasteiger partial charge in [-0.05, 0) is 52.7 Å². The number of aryl methyl sites for hydroxylation is 1. The predicted molar refractivity (Wildman–Crippen MR) is 88.3 cm³/mol. The van der Waals surface area contributed by atoms with Crippen LogP contribution in [0.5, 0.6) is 11.6 Å². The van der Waals surface area contributed by atoms with Crippen LogP contribution in [-0.4, -0.2) is 31.2 Å². The molecule has 0 aliphatic carbocycles. The van der Waals surface area contributed by atoms with Crippen LogP contribution in [-0.2, 0) is 0 Å². The van der Waals surface area contributed by atoms with Gasteiger partial charge in [-0.1, -0.05) is 0 Å². The molecule has 2 heterocycles. The molecule has 1 aliphatic heterocycles. The van der Waals surface area contributed by atoms with Crippen LogP contribution >= 0.6 is 15.9 Å². The van der Waals surface area contributed by atoms with Gasteiger partial charge in [-0.2, -0.15) is 0 Å². The third-order valence-corrected chi connectivity index (χ3v) is 4.39. The van der Waals surface area contributed by atoms with Gasteiger partial charge in [0, 0.05) is 48.6 Å². The summed E-state index contributed by atoms with van der Waals surface area (Å²) < 4.78 is 6.78. The van der Waals surface area contributed by atoms with Gasteiger partial charge in [0.15, 0.2) is 0 Å². The van der Waals surface area contributed by atoms with Crippen molar-refractivity contribution in [2.75, 3.05) is 31.1 Å². The highest BCUT2D eigenvalue weighted by Gasteiger charge is 2.10. The van der Waals surface area contributed by atoms with Gasteiger partial charge in [0.1, 0.15) is 5.75 Å². The van der Waals surface area contributed by atoms with Crippen molar-refractivity contribution in [1.29, 1.82) is 0 Å². The first-order chi connectivity index (χ1) is 10.2. The number of nitrogens with one attached hydrogen (secondary N) is 1. The Balaban J connectivity index is 1.70. The van der Waals surface area contributed by atoms with E-state index in [0.717, 1.165) is 42.0 Å². The van der Waals surface area contributed by atoms with E-state index in [9.17, 15) is 0 Å². The second-order valence-corrected chi connectivity index (χ2v) is 5.96. The van der Waals surface area contributed by atoms with E-state index in [2.05, 4.69) is 43.3 Å². The van der Waals surface area contributed by atoms with Crippen LogP contribution < -0.4 is 15.0 Å². The van der Waals surface area contributed by atoms with Crippen molar-refractivity contribution in [3.8, 4) is 11.6 Å². The van der Waals surface area contributed by atoms with Crippen molar-refractivity contribution < 1.29 is 4.74 Å². The van der Waals surface area contributed by atoms with Gasteiger partial charge in [0.2, 0.25) is 5.88 Å². The van der Waals surface area contributed by atoms with Crippen LogP contribution in [0.25, 0.3) is 0 Å². The summed E-state index contributed by atoms with van der Waals surface area (Å²) in [6.45, 7) is 6.20. The van der Waals surface area contributed by atoms with Crippen molar-refractivity contribution in [3.63, 3.8) is 0 Å². The van der Waals surface area contributed by atoms with Crippen LogP contribution in [0.1, 0.15) is 5.56 Å². The summed E-state index contributed by atoms with van der Waals surface area (Å²) >= 11 is 3.44. The molecule has 4 nitrogen and oxygen atoms in total. The topological polar surface area (TPSA) is 37.4 Å². The van der Waals surface area contributed by atoms with Gasteiger partial charge >= 0.3 is 0 Å². The minimum absolute atomic E-state index is 0.616. The molecule has 1 N–H and O–H groups in total. The van der Waals surface area contributed by atoms with E-state index < -0.39 is 0 Å². The number of halogens is 1. The fourth-order valence-corrected chi connectivity index (χ4v) is 2.55. The lowest BCUT2D eigenvalue weighted by molar-refractivity contribution is 0.462. The molecule has 21 heavy (non-hydrogen) atoms. The molecule has 110 valence electrons. The maximum absolute atomic E-state index is 5.79. The average Bonchev–Trinajstić information content (AvgIpc) is 2.53. The van der Waals surface area contributed by atoms with E-state index >= 15 is 0 Å². The fourth-order valence-electron chi connectivity index (χ4n) is 2.34. The van der Waals surface area contributed by atoms with Crippen molar-refractivity contribution in [2.45, 2.75) is 6.92 Å². The molecule has 1 saturated heterocycles. The van der Waals surface area contributed by atoms with Gasteiger partial charge in [-0.3, -0.25) is 0 Å². The monoisotopic (exact) mass is 347 g/mol. The van der Waals surface area contributed by atoms with Crippen LogP contribution in [0.4, 0.5) is 5.69 Å². The lowest BCUT2D eigenvalue weighted by atomic mass is 10.2. The summed E-state index contributed by atoms with van der Waals surface area (Å²) in [5, 5.41) is 3.36. The number of nitrogens with zero attached hydrogens (tertiary/aromatic N) is 2. The summed E-state index contributed by atoms with van der Waals surface area (Å²) in [4.78, 5) is 6.64. The highest BCUT2D eigenvalue weighted by Crippen LogP contribution is 2.25. The van der Waals surface area contributed by atoms with Crippen LogP contribution in [0.3, 0.4) is 0 Å². The van der Waals surface area contributed by atoms with Gasteiger partial charge < -0.3 is 15.0 Å². The molecule has 0 atom stereocenters. The number of pyridine rings is 1. The third-order valence-electron chi connectivity index (χ3n) is 3.56. The first kappa shape index (κ1) is 14.4. The number of aromatic nitrogens is 1. The zero-order valence-corrected chi connectivity index (χ0v) is 13.6. The maximum Gasteiger partial charge on any atom is 0.219 e. The number of hydrogen-bond acceptors (Lipinski definition) is 4.